The van der Waals surface area contributed by atoms with Gasteiger partial charge in [-0.3, -0.25) is 0 Å². The van der Waals surface area contributed by atoms with E-state index in [1.807, 2.05) is 72.8 Å². The van der Waals surface area contributed by atoms with Crippen LogP contribution in [-0.2, 0) is 0 Å². The lowest BCUT2D eigenvalue weighted by atomic mass is 10.1. The third-order valence-electron chi connectivity index (χ3n) is 6.11. The monoisotopic (exact) mass is 617 g/mol. The van der Waals surface area contributed by atoms with E-state index in [-0.39, 0.29) is 0 Å². The first kappa shape index (κ1) is 23.5. The number of nitrogens with zero attached hydrogens (tertiary/aromatic N) is 5. The maximum atomic E-state index is 6.22. The van der Waals surface area contributed by atoms with E-state index in [0.29, 0.717) is 38.0 Å². The third kappa shape index (κ3) is 4.01. The van der Waals surface area contributed by atoms with Crippen molar-refractivity contribution in [2.24, 2.45) is 0 Å². The number of pyridine rings is 1. The highest BCUT2D eigenvalue weighted by molar-refractivity contribution is 9.10. The lowest BCUT2D eigenvalue weighted by molar-refractivity contribution is 0.595. The highest BCUT2D eigenvalue weighted by Gasteiger charge is 2.19. The predicted molar refractivity (Wildman–Crippen MR) is 156 cm³/mol. The molecule has 4 heterocycles. The van der Waals surface area contributed by atoms with Crippen molar-refractivity contribution in [2.45, 2.75) is 0 Å². The molecule has 0 aliphatic carbocycles. The smallest absolute Gasteiger partial charge is 0.235 e. The Morgan fingerprint density at radius 3 is 2.47 bits per heavy atom. The van der Waals surface area contributed by atoms with Gasteiger partial charge in [-0.15, -0.1) is 10.2 Å². The van der Waals surface area contributed by atoms with Crippen LogP contribution in [0.1, 0.15) is 0 Å². The summed E-state index contributed by atoms with van der Waals surface area (Å²) in [4.78, 5) is 5.59. The molecule has 0 saturated carbocycles. The first-order valence-corrected chi connectivity index (χ1v) is 13.8. The first-order chi connectivity index (χ1) is 18.5. The van der Waals surface area contributed by atoms with Crippen LogP contribution in [0.25, 0.3) is 60.6 Å². The third-order valence-corrected chi connectivity index (χ3v) is 8.48. The summed E-state index contributed by atoms with van der Waals surface area (Å²) in [6.45, 7) is 0. The maximum absolute atomic E-state index is 6.22. The number of benzene rings is 3. The van der Waals surface area contributed by atoms with Crippen LogP contribution in [0, 0.1) is 0 Å². The quantitative estimate of drug-likeness (QED) is 0.197. The molecule has 0 bridgehead atoms. The summed E-state index contributed by atoms with van der Waals surface area (Å²) in [6.07, 6.45) is 0. The Labute approximate surface area is 238 Å². The van der Waals surface area contributed by atoms with Gasteiger partial charge in [0.05, 0.1) is 15.6 Å². The van der Waals surface area contributed by atoms with E-state index in [4.69, 9.17) is 37.7 Å². The van der Waals surface area contributed by atoms with Gasteiger partial charge in [0.2, 0.25) is 4.96 Å². The Kier molecular flexibility index (Phi) is 5.78. The average molecular weight is 619 g/mol. The van der Waals surface area contributed by atoms with Crippen molar-refractivity contribution >= 4 is 66.3 Å². The Morgan fingerprint density at radius 1 is 0.789 bits per heavy atom. The number of furan rings is 1. The average Bonchev–Trinajstić information content (AvgIpc) is 3.67. The minimum Gasteiger partial charge on any atom is -0.454 e. The van der Waals surface area contributed by atoms with Gasteiger partial charge in [-0.05, 0) is 54.6 Å². The summed E-state index contributed by atoms with van der Waals surface area (Å²) in [6, 6.07) is 27.1. The van der Waals surface area contributed by atoms with E-state index in [0.717, 1.165) is 37.1 Å². The number of rotatable bonds is 4. The molecule has 0 saturated heterocycles. The van der Waals surface area contributed by atoms with Crippen molar-refractivity contribution in [1.82, 2.24) is 24.8 Å². The van der Waals surface area contributed by atoms with Gasteiger partial charge in [-0.2, -0.15) is 9.61 Å². The van der Waals surface area contributed by atoms with Gasteiger partial charge in [0.25, 0.3) is 0 Å². The molecule has 0 fully saturated rings. The summed E-state index contributed by atoms with van der Waals surface area (Å²) in [5.41, 5.74) is 4.22. The van der Waals surface area contributed by atoms with Crippen LogP contribution < -0.4 is 0 Å². The van der Waals surface area contributed by atoms with Crippen LogP contribution in [0.3, 0.4) is 0 Å². The molecule has 0 spiro atoms. The molecular weight excluding hydrogens is 605 g/mol. The standard InChI is InChI=1S/C28H14BrCl2N5OS/c29-19-7-3-1-6-17(19)26-33-34-28-36(26)35-27(38-28)18-14-23(32-22-8-4-2-5-16(18)22)25-12-11-24(37-25)15-9-10-20(30)21(31)13-15/h1-14H. The molecule has 0 atom stereocenters. The summed E-state index contributed by atoms with van der Waals surface area (Å²) < 4.78 is 8.92. The summed E-state index contributed by atoms with van der Waals surface area (Å²) in [5, 5.41) is 16.4. The fraction of sp³-hybridized carbons (Fsp3) is 0. The number of aromatic nitrogens is 5. The van der Waals surface area contributed by atoms with Crippen molar-refractivity contribution in [3.63, 3.8) is 0 Å². The van der Waals surface area contributed by atoms with E-state index in [1.54, 1.807) is 16.6 Å². The second-order valence-corrected chi connectivity index (χ2v) is 11.1. The molecule has 4 aromatic heterocycles. The van der Waals surface area contributed by atoms with Gasteiger partial charge in [0.1, 0.15) is 16.5 Å². The maximum Gasteiger partial charge on any atom is 0.235 e. The van der Waals surface area contributed by atoms with Crippen molar-refractivity contribution in [1.29, 1.82) is 0 Å². The van der Waals surface area contributed by atoms with Crippen LogP contribution in [0.5, 0.6) is 0 Å². The van der Waals surface area contributed by atoms with E-state index < -0.39 is 0 Å². The van der Waals surface area contributed by atoms with Crippen LogP contribution in [-0.4, -0.2) is 24.8 Å². The zero-order chi connectivity index (χ0) is 25.8. The van der Waals surface area contributed by atoms with Gasteiger partial charge in [-0.25, -0.2) is 4.98 Å². The van der Waals surface area contributed by atoms with Crippen molar-refractivity contribution in [3.05, 3.63) is 99.4 Å². The Hall–Kier alpha value is -3.56. The van der Waals surface area contributed by atoms with Gasteiger partial charge in [0.15, 0.2) is 11.6 Å². The van der Waals surface area contributed by atoms with E-state index in [9.17, 15) is 0 Å². The molecule has 10 heteroatoms. The van der Waals surface area contributed by atoms with Crippen molar-refractivity contribution in [3.8, 4) is 44.7 Å². The van der Waals surface area contributed by atoms with Gasteiger partial charge in [-0.1, -0.05) is 80.8 Å². The molecule has 3 aromatic carbocycles. The zero-order valence-corrected chi connectivity index (χ0v) is 23.2. The second-order valence-electron chi connectivity index (χ2n) is 8.47. The topological polar surface area (TPSA) is 69.1 Å². The lowest BCUT2D eigenvalue weighted by Gasteiger charge is -2.06. The summed E-state index contributed by atoms with van der Waals surface area (Å²) in [5.74, 6) is 1.98. The zero-order valence-electron chi connectivity index (χ0n) is 19.3. The van der Waals surface area contributed by atoms with Crippen LogP contribution in [0.15, 0.2) is 93.8 Å². The molecule has 6 nitrogen and oxygen atoms in total. The number of hydrogen-bond acceptors (Lipinski definition) is 6. The molecule has 184 valence electrons. The van der Waals surface area contributed by atoms with Crippen LogP contribution in [0.4, 0.5) is 0 Å². The van der Waals surface area contributed by atoms with Crippen molar-refractivity contribution < 1.29 is 4.42 Å². The molecule has 7 aromatic rings. The van der Waals surface area contributed by atoms with E-state index >= 15 is 0 Å². The van der Waals surface area contributed by atoms with E-state index in [1.165, 1.54) is 11.3 Å². The molecule has 0 aliphatic heterocycles. The van der Waals surface area contributed by atoms with E-state index in [2.05, 4.69) is 26.1 Å². The molecule has 0 radical (unpaired) electrons. The largest absolute Gasteiger partial charge is 0.454 e. The second kappa shape index (κ2) is 9.32. The number of para-hydroxylation sites is 1. The minimum absolute atomic E-state index is 0.471. The minimum atomic E-state index is 0.471. The fourth-order valence-electron chi connectivity index (χ4n) is 4.29. The summed E-state index contributed by atoms with van der Waals surface area (Å²) in [7, 11) is 0. The van der Waals surface area contributed by atoms with Gasteiger partial charge < -0.3 is 4.42 Å². The molecule has 0 unspecified atom stereocenters. The molecule has 38 heavy (non-hydrogen) atoms. The molecular formula is C28H14BrCl2N5OS. The highest BCUT2D eigenvalue weighted by Crippen LogP contribution is 2.37. The Balaban J connectivity index is 1.36. The van der Waals surface area contributed by atoms with Crippen LogP contribution >= 0.6 is 50.5 Å². The predicted octanol–water partition coefficient (Wildman–Crippen LogP) is 9.06. The highest BCUT2D eigenvalue weighted by atomic mass is 79.9. The van der Waals surface area contributed by atoms with Gasteiger partial charge in [0, 0.05) is 26.5 Å². The normalized spacial score (nSPS) is 11.6. The van der Waals surface area contributed by atoms with Gasteiger partial charge >= 0.3 is 0 Å². The number of halogens is 3. The SMILES string of the molecule is Clc1ccc(-c2ccc(-c3cc(-c4nn5c(-c6ccccc6Br)nnc5s4)c4ccccc4n3)o2)cc1Cl. The number of hydrogen-bond donors (Lipinski definition) is 0. The molecule has 7 rings (SSSR count). The fourth-order valence-corrected chi connectivity index (χ4v) is 5.92. The molecule has 0 N–H and O–H groups in total. The number of fused-ring (bicyclic) bond motifs is 2. The summed E-state index contributed by atoms with van der Waals surface area (Å²) >= 11 is 17.4. The molecule has 0 amide bonds. The Morgan fingerprint density at radius 2 is 1.61 bits per heavy atom. The lowest BCUT2D eigenvalue weighted by Crippen LogP contribution is -1.93. The van der Waals surface area contributed by atoms with Crippen LogP contribution in [0.2, 0.25) is 10.0 Å². The van der Waals surface area contributed by atoms with Crippen molar-refractivity contribution in [2.75, 3.05) is 0 Å². The molecule has 0 aliphatic rings. The Bertz CT molecular complexity index is 2000. The first-order valence-electron chi connectivity index (χ1n) is 11.5.